The van der Waals surface area contributed by atoms with Gasteiger partial charge in [-0.25, -0.2) is 4.79 Å². The molecule has 11 fully saturated rings. The van der Waals surface area contributed by atoms with Gasteiger partial charge in [-0.15, -0.1) is 0 Å². The molecule has 43 atom stereocenters. The lowest BCUT2D eigenvalue weighted by molar-refractivity contribution is -0.394. The third kappa shape index (κ3) is 17.1. The lowest BCUT2D eigenvalue weighted by Crippen LogP contribution is -2.69. The lowest BCUT2D eigenvalue weighted by atomic mass is 9.33. The number of nitrogens with zero attached hydrogens (tertiary/aromatic N) is 1. The molecule has 0 aromatic heterocycles. The van der Waals surface area contributed by atoms with E-state index in [9.17, 15) is 106 Å². The summed E-state index contributed by atoms with van der Waals surface area (Å²) in [6.07, 6.45) is -55.6. The highest BCUT2D eigenvalue weighted by molar-refractivity contribution is 5.79. The van der Waals surface area contributed by atoms with Crippen LogP contribution in [0.3, 0.4) is 0 Å². The maximum Gasteiger partial charge on any atom is 0.335 e. The number of hydrogen-bond donors (Lipinski definition) is 21. The summed E-state index contributed by atoms with van der Waals surface area (Å²) in [6.45, 7) is 12.5. The molecular formula is C76H122N4O37. The number of carbonyl (C=O) groups is 4. The third-order valence-electron chi connectivity index (χ3n) is 28.3. The maximum absolute atomic E-state index is 16.0. The van der Waals surface area contributed by atoms with Gasteiger partial charge >= 0.3 is 17.9 Å². The molecule has 24 N–H and O–H groups in total. The Morgan fingerprint density at radius 3 is 1.70 bits per heavy atom. The highest BCUT2D eigenvalue weighted by Crippen LogP contribution is 2.76. The molecule has 0 aromatic rings. The van der Waals surface area contributed by atoms with Gasteiger partial charge in [0, 0.05) is 6.54 Å². The second kappa shape index (κ2) is 35.8. The number of aliphatic imine (C=N–C) groups is 1. The van der Waals surface area contributed by atoms with Crippen molar-refractivity contribution in [3.63, 3.8) is 0 Å². The van der Waals surface area contributed by atoms with Crippen LogP contribution in [0.4, 0.5) is 0 Å². The Morgan fingerprint density at radius 1 is 0.538 bits per heavy atom. The standard InChI is InChI=1S/C76H122N4O37/c1-28-40(86)46(92)58(115-65-52(98)56(53(29(2)106-65)111-62-47(93)41(87)33(84)25-103-62)113-66-51(97)54(44(90)36(24-82)108-66)110-61(101)32(77)10-9-21-80-70(78)79)67(105-28)117-69(102)76-19-17-71(3,4)22-31(76)30-11-12-38-72(5)15-14-39(73(6,27-83)37(72)13-16-75(38,8)74(30,7)18-20-76)109-68-59(116-64-49(95)45(91)43(89)35(23-81)107-64)55(50(96)57(114-68)60(99)100)112-63-48(94)42(88)34(85)26-104-63/h11,27-29,31-59,62-68,81-82,84-98H,9-10,12-26,77H2,1-8H3,(H,99,100)(H4,78,79,80)/t28-,29-,31-,32?,33-,34+,35+,36-,37?,38?,39-,40+,41+,42-,43-,44-,45-,46+,47-,48+,49+,50-,51-,52+,53-,54+,55-,56+,57-,58-,59+,62+,63-,64-,65-,66+,67+,68+,72-,73-,74+,75+,76-/m0/s1. The second-order valence-electron chi connectivity index (χ2n) is 35.9. The number of rotatable bonds is 24. The van der Waals surface area contributed by atoms with Crippen molar-refractivity contribution in [3.05, 3.63) is 11.6 Å². The van der Waals surface area contributed by atoms with Crippen LogP contribution in [0, 0.1) is 50.2 Å². The van der Waals surface area contributed by atoms with E-state index in [1.807, 2.05) is 0 Å². The van der Waals surface area contributed by atoms with Gasteiger partial charge in [-0.3, -0.25) is 14.6 Å². The number of aliphatic hydroxyl groups excluding tert-OH is 17. The normalized spacial score (nSPS) is 50.8. The summed E-state index contributed by atoms with van der Waals surface area (Å²) in [5, 5.41) is 200. The molecule has 7 saturated heterocycles. The van der Waals surface area contributed by atoms with Crippen LogP contribution in [0.1, 0.15) is 132 Å². The number of esters is 2. The molecule has 7 heterocycles. The number of fused-ring (bicyclic) bond motifs is 7. The Kier molecular flexibility index (Phi) is 28.2. The SMILES string of the molecule is C[C@@H]1O[C@H](OC(=O)[C@]23CCC(C)(C)C[C@H]2C2=CCC4[C@@]5(C)CC[C@H](O[C@@H]6O[C@H](C(=O)O)[C@@H](O)[C@H](O[C@@H]7OC[C@@H](O)[C@H](O)[C@H]7O)[C@H]6O[C@@H]6O[C@H](CO)[C@H](O)[C@H](O)[C@H]6O)[C@@](C)(C=O)C5CC[C@@]4(C)[C@]2(C)CC3)[C@@H](O[C@@H]2O[C@@H](C)[C@H](O[C@H]3OC[C@H](O)[C@@H](O)[C@@H]3O)[C@H](O[C@H]3O[C@@H](CO)[C@H](O)[C@@H](OC(=O)C(N)CCCN=C(N)N)[C@@H]3O)[C@H]2O)[C@H](O)[C@@H]1O. The molecule has 117 heavy (non-hydrogen) atoms. The predicted molar refractivity (Wildman–Crippen MR) is 389 cm³/mol. The molecule has 0 bridgehead atoms. The highest BCUT2D eigenvalue weighted by atomic mass is 16.8. The molecule has 12 rings (SSSR count). The first-order valence-corrected chi connectivity index (χ1v) is 40.4. The van der Waals surface area contributed by atoms with Crippen LogP contribution >= 0.6 is 0 Å². The lowest BCUT2D eigenvalue weighted by Gasteiger charge is -2.71. The number of allylic oxidation sites excluding steroid dienone is 2. The Hall–Kier alpha value is -4.15. The smallest absolute Gasteiger partial charge is 0.335 e. The Bertz CT molecular complexity index is 3500. The van der Waals surface area contributed by atoms with E-state index < -0.39 is 298 Å². The number of nitrogens with two attached hydrogens (primary N) is 3. The summed E-state index contributed by atoms with van der Waals surface area (Å²) in [7, 11) is 0. The number of ether oxygens (including phenoxy) is 15. The van der Waals surface area contributed by atoms with Crippen LogP contribution in [0.2, 0.25) is 0 Å². The van der Waals surface area contributed by atoms with Crippen LogP contribution < -0.4 is 17.2 Å². The number of aldehydes is 1. The second-order valence-corrected chi connectivity index (χ2v) is 35.9. The fraction of sp³-hybridized carbons (Fsp3) is 0.908. The number of carboxylic acids is 1. The van der Waals surface area contributed by atoms with Gasteiger partial charge in [0.15, 0.2) is 62.0 Å². The fourth-order valence-electron chi connectivity index (χ4n) is 21.1. The zero-order valence-electron chi connectivity index (χ0n) is 66.6. The minimum Gasteiger partial charge on any atom is -0.479 e. The molecule has 0 amide bonds. The Labute approximate surface area is 674 Å². The van der Waals surface area contributed by atoms with Gasteiger partial charge < -0.3 is 185 Å². The van der Waals surface area contributed by atoms with Crippen LogP contribution in [-0.2, 0) is 90.2 Å². The summed E-state index contributed by atoms with van der Waals surface area (Å²) >= 11 is 0. The largest absolute Gasteiger partial charge is 0.479 e. The van der Waals surface area contributed by atoms with Crippen molar-refractivity contribution in [2.24, 2.45) is 72.4 Å². The van der Waals surface area contributed by atoms with Crippen molar-refractivity contribution < 1.29 is 182 Å². The van der Waals surface area contributed by atoms with Crippen LogP contribution in [0.25, 0.3) is 0 Å². The number of hydrogen-bond acceptors (Lipinski definition) is 38. The van der Waals surface area contributed by atoms with E-state index in [0.717, 1.165) is 11.9 Å². The molecule has 7 aliphatic heterocycles. The molecule has 41 nitrogen and oxygen atoms in total. The molecule has 12 aliphatic rings. The van der Waals surface area contributed by atoms with Gasteiger partial charge in [-0.1, -0.05) is 53.2 Å². The van der Waals surface area contributed by atoms with Crippen molar-refractivity contribution in [3.8, 4) is 0 Å². The molecular weight excluding hydrogens is 1560 g/mol. The Balaban J connectivity index is 0.800. The van der Waals surface area contributed by atoms with E-state index in [0.29, 0.717) is 51.4 Å². The molecule has 3 unspecified atom stereocenters. The first-order valence-electron chi connectivity index (χ1n) is 40.4. The van der Waals surface area contributed by atoms with E-state index in [1.54, 1.807) is 6.92 Å². The molecule has 0 radical (unpaired) electrons. The predicted octanol–water partition coefficient (Wildman–Crippen LogP) is -7.03. The van der Waals surface area contributed by atoms with Crippen LogP contribution in [-0.4, -0.2) is 370 Å². The number of aliphatic carboxylic acids is 1. The maximum atomic E-state index is 16.0. The number of aliphatic hydroxyl groups is 17. The first kappa shape index (κ1) is 92.0. The Morgan fingerprint density at radius 2 is 1.09 bits per heavy atom. The van der Waals surface area contributed by atoms with Crippen LogP contribution in [0.5, 0.6) is 0 Å². The summed E-state index contributed by atoms with van der Waals surface area (Å²) in [4.78, 5) is 60.7. The van der Waals surface area contributed by atoms with E-state index in [2.05, 4.69) is 45.7 Å². The topological polar surface area (TPSA) is 661 Å². The van der Waals surface area contributed by atoms with Gasteiger partial charge in [0.05, 0.1) is 55.6 Å². The van der Waals surface area contributed by atoms with Gasteiger partial charge in [0.2, 0.25) is 6.29 Å². The van der Waals surface area contributed by atoms with Crippen molar-refractivity contribution in [1.29, 1.82) is 0 Å². The van der Waals surface area contributed by atoms with E-state index in [-0.39, 0.29) is 49.5 Å². The summed E-state index contributed by atoms with van der Waals surface area (Å²) in [5.74, 6) is -4.86. The highest BCUT2D eigenvalue weighted by Gasteiger charge is 2.72. The molecule has 5 aliphatic carbocycles. The van der Waals surface area contributed by atoms with Gasteiger partial charge in [-0.05, 0) is 130 Å². The van der Waals surface area contributed by atoms with E-state index in [1.165, 1.54) is 13.8 Å². The monoisotopic (exact) mass is 1680 g/mol. The van der Waals surface area contributed by atoms with Crippen molar-refractivity contribution >= 4 is 30.2 Å². The average Bonchev–Trinajstić information content (AvgIpc) is 0.673. The molecule has 41 heteroatoms. The van der Waals surface area contributed by atoms with E-state index >= 15 is 4.79 Å². The zero-order valence-corrected chi connectivity index (χ0v) is 66.6. The molecule has 4 saturated carbocycles. The minimum absolute atomic E-state index is 0.0225. The van der Waals surface area contributed by atoms with Gasteiger partial charge in [0.1, 0.15) is 141 Å². The fourth-order valence-corrected chi connectivity index (χ4v) is 21.1. The number of carbonyl (C=O) groups excluding carboxylic acids is 3. The zero-order chi connectivity index (χ0) is 85.6. The molecule has 0 aromatic carbocycles. The van der Waals surface area contributed by atoms with E-state index in [4.69, 9.17) is 88.3 Å². The minimum atomic E-state index is -2.23. The molecule has 0 spiro atoms. The molecule has 668 valence electrons. The third-order valence-corrected chi connectivity index (χ3v) is 28.3. The van der Waals surface area contributed by atoms with Crippen LogP contribution in [0.15, 0.2) is 16.6 Å². The average molecular weight is 1680 g/mol. The first-order chi connectivity index (χ1) is 55.0. The van der Waals surface area contributed by atoms with Crippen molar-refractivity contribution in [1.82, 2.24) is 0 Å². The van der Waals surface area contributed by atoms with Crippen molar-refractivity contribution in [2.45, 2.75) is 347 Å². The summed E-state index contributed by atoms with van der Waals surface area (Å²) in [6, 6.07) is -1.34. The van der Waals surface area contributed by atoms with Crippen molar-refractivity contribution in [2.75, 3.05) is 33.0 Å². The van der Waals surface area contributed by atoms with Gasteiger partial charge in [-0.2, -0.15) is 0 Å². The summed E-state index contributed by atoms with van der Waals surface area (Å²) in [5.41, 5.74) is 13.1. The van der Waals surface area contributed by atoms with Gasteiger partial charge in [0.25, 0.3) is 0 Å². The number of guanidine groups is 1. The summed E-state index contributed by atoms with van der Waals surface area (Å²) < 4.78 is 91.4. The number of carboxylic acid groups (broad SMARTS) is 1. The quantitative estimate of drug-likeness (QED) is 0.00812.